The smallest absolute Gasteiger partial charge is 0.271 e. The molecule has 1 saturated heterocycles. The van der Waals surface area contributed by atoms with Crippen LogP contribution in [0, 0.1) is 5.92 Å². The summed E-state index contributed by atoms with van der Waals surface area (Å²) >= 11 is 3.92. The molecule has 0 saturated carbocycles. The van der Waals surface area contributed by atoms with E-state index in [1.807, 2.05) is 6.92 Å². The fourth-order valence-electron chi connectivity index (χ4n) is 1.26. The molecule has 1 aliphatic heterocycles. The Morgan fingerprint density at radius 1 is 1.55 bits per heavy atom. The monoisotopic (exact) mass is 181 g/mol. The maximum atomic E-state index is 13.0. The van der Waals surface area contributed by atoms with Gasteiger partial charge >= 0.3 is 0 Å². The Hall–Kier alpha value is 0.170. The zero-order chi connectivity index (χ0) is 8.48. The van der Waals surface area contributed by atoms with Crippen LogP contribution in [0.4, 0.5) is 8.78 Å². The molecule has 0 aromatic rings. The molecule has 0 aliphatic carbocycles. The molecular weight excluding hydrogens is 168 g/mol. The molecule has 0 spiro atoms. The van der Waals surface area contributed by atoms with Gasteiger partial charge in [0, 0.05) is 0 Å². The Balaban J connectivity index is 2.65. The average molecular weight is 181 g/mol. The lowest BCUT2D eigenvalue weighted by molar-refractivity contribution is -0.00373. The number of halogens is 2. The van der Waals surface area contributed by atoms with E-state index in [0.717, 1.165) is 6.42 Å². The highest BCUT2D eigenvalue weighted by Crippen LogP contribution is 2.31. The van der Waals surface area contributed by atoms with Crippen LogP contribution in [0.25, 0.3) is 0 Å². The first-order valence-electron chi connectivity index (χ1n) is 3.80. The van der Waals surface area contributed by atoms with Crippen LogP contribution in [-0.4, -0.2) is 24.3 Å². The Kier molecular flexibility index (Phi) is 2.75. The fraction of sp³-hybridized carbons (Fsp3) is 1.00. The molecule has 1 nitrogen and oxygen atoms in total. The molecule has 0 bridgehead atoms. The molecule has 1 N–H and O–H groups in total. The van der Waals surface area contributed by atoms with Crippen LogP contribution in [0.5, 0.6) is 0 Å². The third-order valence-corrected chi connectivity index (χ3v) is 3.00. The second-order valence-corrected chi connectivity index (χ2v) is 3.70. The summed E-state index contributed by atoms with van der Waals surface area (Å²) in [5.41, 5.74) is 0. The maximum absolute atomic E-state index is 13.0. The van der Waals surface area contributed by atoms with Crippen molar-refractivity contribution in [3.05, 3.63) is 0 Å². The van der Waals surface area contributed by atoms with Gasteiger partial charge in [-0.25, -0.2) is 8.78 Å². The second kappa shape index (κ2) is 3.27. The van der Waals surface area contributed by atoms with E-state index < -0.39 is 11.2 Å². The van der Waals surface area contributed by atoms with Gasteiger partial charge in [-0.2, -0.15) is 12.6 Å². The van der Waals surface area contributed by atoms with Crippen molar-refractivity contribution in [2.24, 2.45) is 5.92 Å². The van der Waals surface area contributed by atoms with Crippen LogP contribution in [0.1, 0.15) is 13.3 Å². The first kappa shape index (κ1) is 9.26. The third-order valence-electron chi connectivity index (χ3n) is 2.11. The van der Waals surface area contributed by atoms with Crippen LogP contribution in [0.15, 0.2) is 0 Å². The van der Waals surface area contributed by atoms with Crippen LogP contribution in [0.2, 0.25) is 0 Å². The molecule has 66 valence electrons. The number of hydrogen-bond donors (Lipinski definition) is 2. The predicted molar refractivity (Wildman–Crippen MR) is 44.4 cm³/mol. The lowest BCUT2D eigenvalue weighted by atomic mass is 10.0. The highest BCUT2D eigenvalue weighted by Gasteiger charge is 2.41. The normalized spacial score (nSPS) is 38.2. The molecule has 4 heteroatoms. The molecule has 0 aromatic carbocycles. The Morgan fingerprint density at radius 2 is 2.18 bits per heavy atom. The quantitative estimate of drug-likeness (QED) is 0.540. The summed E-state index contributed by atoms with van der Waals surface area (Å²) < 4.78 is 25.9. The van der Waals surface area contributed by atoms with Gasteiger partial charge in [0.05, 0.1) is 11.8 Å². The Bertz CT molecular complexity index is 140. The summed E-state index contributed by atoms with van der Waals surface area (Å²) in [6, 6.07) is 0. The highest BCUT2D eigenvalue weighted by atomic mass is 32.1. The molecule has 1 fully saturated rings. The van der Waals surface area contributed by atoms with Crippen LogP contribution in [-0.2, 0) is 0 Å². The molecule has 11 heavy (non-hydrogen) atoms. The summed E-state index contributed by atoms with van der Waals surface area (Å²) in [4.78, 5) is 0. The van der Waals surface area contributed by atoms with Gasteiger partial charge in [0.1, 0.15) is 0 Å². The molecule has 1 aliphatic rings. The van der Waals surface area contributed by atoms with E-state index in [2.05, 4.69) is 17.9 Å². The van der Waals surface area contributed by atoms with Crippen molar-refractivity contribution < 1.29 is 8.78 Å². The number of hydrogen-bond acceptors (Lipinski definition) is 2. The van der Waals surface area contributed by atoms with E-state index in [0.29, 0.717) is 6.54 Å². The number of rotatable bonds is 0. The number of nitrogens with one attached hydrogen (secondary N) is 1. The minimum Gasteiger partial charge on any atom is -0.311 e. The number of alkyl halides is 2. The first-order chi connectivity index (χ1) is 5.04. The van der Waals surface area contributed by atoms with Crippen molar-refractivity contribution >= 4 is 12.6 Å². The van der Waals surface area contributed by atoms with E-state index >= 15 is 0 Å². The molecular formula is C7H13F2NS. The molecule has 1 rings (SSSR count). The third kappa shape index (κ3) is 2.06. The first-order valence-corrected chi connectivity index (χ1v) is 4.32. The molecule has 0 aromatic heterocycles. The lowest BCUT2D eigenvalue weighted by Gasteiger charge is -2.23. The lowest BCUT2D eigenvalue weighted by Crippen LogP contribution is -2.39. The van der Waals surface area contributed by atoms with Gasteiger partial charge in [0.2, 0.25) is 0 Å². The van der Waals surface area contributed by atoms with Crippen molar-refractivity contribution in [2.75, 3.05) is 13.1 Å². The van der Waals surface area contributed by atoms with Crippen LogP contribution >= 0.6 is 12.6 Å². The zero-order valence-electron chi connectivity index (χ0n) is 6.48. The van der Waals surface area contributed by atoms with Gasteiger partial charge in [-0.05, 0) is 18.9 Å². The summed E-state index contributed by atoms with van der Waals surface area (Å²) in [6.07, 6.45) is 0.782. The summed E-state index contributed by atoms with van der Waals surface area (Å²) in [5, 5.41) is 1.91. The standard InChI is InChI=1S/C7H13F2NS/c1-5-2-3-10-4-7(8,9)6(5)11/h5-6,10-11H,2-4H2,1H3. The van der Waals surface area contributed by atoms with Gasteiger partial charge in [-0.3, -0.25) is 0 Å². The molecule has 2 unspecified atom stereocenters. The van der Waals surface area contributed by atoms with E-state index in [9.17, 15) is 8.78 Å². The fourth-order valence-corrected chi connectivity index (χ4v) is 1.50. The SMILES string of the molecule is CC1CCNCC(F)(F)C1S. The minimum absolute atomic E-state index is 0.0108. The van der Waals surface area contributed by atoms with Crippen molar-refractivity contribution in [2.45, 2.75) is 24.5 Å². The van der Waals surface area contributed by atoms with E-state index in [4.69, 9.17) is 0 Å². The van der Waals surface area contributed by atoms with Crippen LogP contribution < -0.4 is 5.32 Å². The van der Waals surface area contributed by atoms with Crippen molar-refractivity contribution in [3.8, 4) is 0 Å². The zero-order valence-corrected chi connectivity index (χ0v) is 7.37. The number of thiol groups is 1. The van der Waals surface area contributed by atoms with Crippen molar-refractivity contribution in [1.29, 1.82) is 0 Å². The molecule has 0 amide bonds. The Labute approximate surface area is 71.0 Å². The van der Waals surface area contributed by atoms with Crippen molar-refractivity contribution in [1.82, 2.24) is 5.32 Å². The van der Waals surface area contributed by atoms with E-state index in [1.165, 1.54) is 0 Å². The van der Waals surface area contributed by atoms with E-state index in [1.54, 1.807) is 0 Å². The van der Waals surface area contributed by atoms with Gasteiger partial charge < -0.3 is 5.32 Å². The average Bonchev–Trinajstić information content (AvgIpc) is 2.03. The van der Waals surface area contributed by atoms with Gasteiger partial charge in [0.25, 0.3) is 5.92 Å². The Morgan fingerprint density at radius 3 is 2.82 bits per heavy atom. The highest BCUT2D eigenvalue weighted by molar-refractivity contribution is 7.81. The minimum atomic E-state index is -2.65. The summed E-state index contributed by atoms with van der Waals surface area (Å²) in [6.45, 7) is 2.26. The van der Waals surface area contributed by atoms with Gasteiger partial charge in [-0.15, -0.1) is 0 Å². The molecule has 1 heterocycles. The van der Waals surface area contributed by atoms with Gasteiger partial charge in [0.15, 0.2) is 0 Å². The largest absolute Gasteiger partial charge is 0.311 e. The van der Waals surface area contributed by atoms with Crippen LogP contribution in [0.3, 0.4) is 0 Å². The predicted octanol–water partition coefficient (Wildman–Crippen LogP) is 1.55. The van der Waals surface area contributed by atoms with Gasteiger partial charge in [-0.1, -0.05) is 6.92 Å². The van der Waals surface area contributed by atoms with Crippen molar-refractivity contribution in [3.63, 3.8) is 0 Å². The summed E-state index contributed by atoms with van der Waals surface area (Å²) in [5.74, 6) is -2.66. The van der Waals surface area contributed by atoms with E-state index in [-0.39, 0.29) is 12.5 Å². The topological polar surface area (TPSA) is 12.0 Å². The molecule has 2 atom stereocenters. The maximum Gasteiger partial charge on any atom is 0.271 e. The second-order valence-electron chi connectivity index (χ2n) is 3.15. The summed E-state index contributed by atoms with van der Waals surface area (Å²) in [7, 11) is 0. The molecule has 0 radical (unpaired) electrons.